The summed E-state index contributed by atoms with van der Waals surface area (Å²) in [4.78, 5) is 23.7. The molecule has 0 saturated carbocycles. The van der Waals surface area contributed by atoms with E-state index in [4.69, 9.17) is 10.5 Å². The van der Waals surface area contributed by atoms with Gasteiger partial charge < -0.3 is 10.5 Å². The van der Waals surface area contributed by atoms with Gasteiger partial charge in [0.1, 0.15) is 17.3 Å². The minimum atomic E-state index is -0.814. The number of esters is 1. The first kappa shape index (κ1) is 18.2. The van der Waals surface area contributed by atoms with E-state index in [2.05, 4.69) is 5.10 Å². The zero-order chi connectivity index (χ0) is 19.7. The van der Waals surface area contributed by atoms with Crippen molar-refractivity contribution in [2.24, 2.45) is 5.73 Å². The van der Waals surface area contributed by atoms with E-state index in [0.717, 1.165) is 12.1 Å². The number of nitrogens with two attached hydrogens (primary N) is 1. The smallest absolute Gasteiger partial charge is 0.364 e. The molecule has 0 aliphatic carbocycles. The molecule has 0 aliphatic rings. The summed E-state index contributed by atoms with van der Waals surface area (Å²) in [6, 6.07) is 8.94. The maximum atomic E-state index is 14.0. The molecule has 1 amide bonds. The van der Waals surface area contributed by atoms with E-state index in [1.807, 2.05) is 0 Å². The average Bonchev–Trinajstić information content (AvgIpc) is 2.98. The zero-order valence-corrected chi connectivity index (χ0v) is 14.5. The Labute approximate surface area is 153 Å². The zero-order valence-electron chi connectivity index (χ0n) is 14.5. The Morgan fingerprint density at radius 3 is 2.48 bits per heavy atom. The van der Waals surface area contributed by atoms with Crippen LogP contribution in [-0.2, 0) is 0 Å². The van der Waals surface area contributed by atoms with Crippen molar-refractivity contribution in [3.8, 4) is 11.4 Å². The number of nitrogens with zero attached hydrogens (tertiary/aromatic N) is 2. The second kappa shape index (κ2) is 6.99. The predicted molar refractivity (Wildman–Crippen MR) is 92.9 cm³/mol. The van der Waals surface area contributed by atoms with Crippen LogP contribution >= 0.6 is 0 Å². The highest BCUT2D eigenvalue weighted by Gasteiger charge is 2.18. The molecule has 1 heterocycles. The van der Waals surface area contributed by atoms with Crippen LogP contribution in [0.15, 0.2) is 42.5 Å². The van der Waals surface area contributed by atoms with Crippen LogP contribution in [0.25, 0.3) is 5.69 Å². The molecular weight excluding hydrogens is 356 g/mol. The SMILES string of the molecule is Cc1ccc(C(N)=O)cc1OC(=O)c1cc(C)n(-c2ccc(F)cc2F)n1. The number of ether oxygens (including phenoxy) is 1. The average molecular weight is 371 g/mol. The fourth-order valence-corrected chi connectivity index (χ4v) is 2.49. The van der Waals surface area contributed by atoms with Crippen molar-refractivity contribution in [2.45, 2.75) is 13.8 Å². The summed E-state index contributed by atoms with van der Waals surface area (Å²) < 4.78 is 33.6. The van der Waals surface area contributed by atoms with Crippen LogP contribution in [0.3, 0.4) is 0 Å². The fraction of sp³-hybridized carbons (Fsp3) is 0.105. The highest BCUT2D eigenvalue weighted by molar-refractivity contribution is 5.94. The lowest BCUT2D eigenvalue weighted by Crippen LogP contribution is -2.14. The Bertz CT molecular complexity index is 1060. The molecule has 0 aliphatic heterocycles. The van der Waals surface area contributed by atoms with Crippen molar-refractivity contribution in [1.29, 1.82) is 0 Å². The minimum absolute atomic E-state index is 0.000133. The van der Waals surface area contributed by atoms with Crippen LogP contribution in [0, 0.1) is 25.5 Å². The Hall–Kier alpha value is -3.55. The van der Waals surface area contributed by atoms with Crippen LogP contribution in [0.4, 0.5) is 8.78 Å². The van der Waals surface area contributed by atoms with Gasteiger partial charge in [-0.05, 0) is 49.7 Å². The Balaban J connectivity index is 1.91. The van der Waals surface area contributed by atoms with Crippen LogP contribution in [0.1, 0.15) is 32.1 Å². The van der Waals surface area contributed by atoms with Crippen molar-refractivity contribution in [2.75, 3.05) is 0 Å². The molecule has 3 aromatic rings. The maximum Gasteiger partial charge on any atom is 0.364 e. The van der Waals surface area contributed by atoms with Crippen LogP contribution < -0.4 is 10.5 Å². The van der Waals surface area contributed by atoms with Crippen LogP contribution in [-0.4, -0.2) is 21.7 Å². The molecule has 0 atom stereocenters. The third-order valence-electron chi connectivity index (χ3n) is 3.91. The lowest BCUT2D eigenvalue weighted by Gasteiger charge is -2.07. The Kier molecular flexibility index (Phi) is 4.72. The van der Waals surface area contributed by atoms with Gasteiger partial charge in [-0.25, -0.2) is 18.3 Å². The van der Waals surface area contributed by atoms with E-state index in [-0.39, 0.29) is 22.7 Å². The Morgan fingerprint density at radius 1 is 1.07 bits per heavy atom. The molecule has 27 heavy (non-hydrogen) atoms. The van der Waals surface area contributed by atoms with Crippen LogP contribution in [0.5, 0.6) is 5.75 Å². The van der Waals surface area contributed by atoms with E-state index in [1.54, 1.807) is 19.9 Å². The highest BCUT2D eigenvalue weighted by atomic mass is 19.1. The lowest BCUT2D eigenvalue weighted by molar-refractivity contribution is 0.0725. The fourth-order valence-electron chi connectivity index (χ4n) is 2.49. The van der Waals surface area contributed by atoms with E-state index in [1.165, 1.54) is 28.9 Å². The van der Waals surface area contributed by atoms with Gasteiger partial charge in [0.05, 0.1) is 0 Å². The number of carbonyl (C=O) groups is 2. The van der Waals surface area contributed by atoms with Gasteiger partial charge in [-0.15, -0.1) is 0 Å². The summed E-state index contributed by atoms with van der Waals surface area (Å²) in [5.41, 5.74) is 6.43. The van der Waals surface area contributed by atoms with E-state index in [9.17, 15) is 18.4 Å². The summed E-state index contributed by atoms with van der Waals surface area (Å²) in [6.45, 7) is 3.32. The van der Waals surface area contributed by atoms with Gasteiger partial charge in [0.25, 0.3) is 0 Å². The third kappa shape index (κ3) is 3.69. The van der Waals surface area contributed by atoms with Crippen molar-refractivity contribution < 1.29 is 23.1 Å². The van der Waals surface area contributed by atoms with E-state index in [0.29, 0.717) is 11.3 Å². The van der Waals surface area contributed by atoms with Crippen molar-refractivity contribution in [1.82, 2.24) is 9.78 Å². The number of halogens is 2. The molecule has 138 valence electrons. The minimum Gasteiger partial charge on any atom is -0.421 e. The number of primary amides is 1. The molecule has 0 fully saturated rings. The summed E-state index contributed by atoms with van der Waals surface area (Å²) in [5.74, 6) is -2.81. The molecule has 3 rings (SSSR count). The van der Waals surface area contributed by atoms with Crippen molar-refractivity contribution in [3.05, 3.63) is 76.6 Å². The molecule has 0 radical (unpaired) electrons. The molecule has 0 bridgehead atoms. The largest absolute Gasteiger partial charge is 0.421 e. The Morgan fingerprint density at radius 2 is 1.81 bits per heavy atom. The summed E-state index contributed by atoms with van der Waals surface area (Å²) in [6.07, 6.45) is 0. The highest BCUT2D eigenvalue weighted by Crippen LogP contribution is 2.22. The molecule has 0 unspecified atom stereocenters. The third-order valence-corrected chi connectivity index (χ3v) is 3.91. The van der Waals surface area contributed by atoms with Gasteiger partial charge in [-0.3, -0.25) is 4.79 Å². The van der Waals surface area contributed by atoms with Crippen molar-refractivity contribution >= 4 is 11.9 Å². The summed E-state index contributed by atoms with van der Waals surface area (Å²) >= 11 is 0. The lowest BCUT2D eigenvalue weighted by atomic mass is 10.1. The molecule has 6 nitrogen and oxygen atoms in total. The van der Waals surface area contributed by atoms with Gasteiger partial charge in [-0.1, -0.05) is 6.07 Å². The maximum absolute atomic E-state index is 14.0. The quantitative estimate of drug-likeness (QED) is 0.564. The number of benzene rings is 2. The second-order valence-electron chi connectivity index (χ2n) is 5.91. The van der Waals surface area contributed by atoms with Crippen LogP contribution in [0.2, 0.25) is 0 Å². The normalized spacial score (nSPS) is 10.7. The number of amides is 1. The molecular formula is C19H15F2N3O3. The molecule has 8 heteroatoms. The number of carbonyl (C=O) groups excluding carboxylic acids is 2. The first-order valence-electron chi connectivity index (χ1n) is 7.91. The number of rotatable bonds is 4. The molecule has 0 spiro atoms. The van der Waals surface area contributed by atoms with Crippen molar-refractivity contribution in [3.63, 3.8) is 0 Å². The molecule has 2 N–H and O–H groups in total. The van der Waals surface area contributed by atoms with Gasteiger partial charge in [0.2, 0.25) is 5.91 Å². The molecule has 1 aromatic heterocycles. The summed E-state index contributed by atoms with van der Waals surface area (Å²) in [5, 5.41) is 4.04. The molecule has 2 aromatic carbocycles. The topological polar surface area (TPSA) is 87.2 Å². The number of aryl methyl sites for hydroxylation is 2. The van der Waals surface area contributed by atoms with E-state index < -0.39 is 23.5 Å². The second-order valence-corrected chi connectivity index (χ2v) is 5.91. The first-order chi connectivity index (χ1) is 12.8. The van der Waals surface area contributed by atoms with Gasteiger partial charge in [-0.2, -0.15) is 5.10 Å². The van der Waals surface area contributed by atoms with Gasteiger partial charge in [0.15, 0.2) is 11.5 Å². The molecule has 0 saturated heterocycles. The van der Waals surface area contributed by atoms with E-state index >= 15 is 0 Å². The van der Waals surface area contributed by atoms with Gasteiger partial charge in [0, 0.05) is 17.3 Å². The summed E-state index contributed by atoms with van der Waals surface area (Å²) in [7, 11) is 0. The number of aromatic nitrogens is 2. The number of hydrogen-bond donors (Lipinski definition) is 1. The number of hydrogen-bond acceptors (Lipinski definition) is 4. The first-order valence-corrected chi connectivity index (χ1v) is 7.91. The predicted octanol–water partition coefficient (Wildman–Crippen LogP) is 3.09. The standard InChI is InChI=1S/C19H15F2N3O3/c1-10-3-4-12(18(22)25)8-17(10)27-19(26)15-7-11(2)24(23-15)16-6-5-13(20)9-14(16)21/h3-9H,1-2H3,(H2,22,25). The van der Waals surface area contributed by atoms with Gasteiger partial charge >= 0.3 is 5.97 Å². The monoisotopic (exact) mass is 371 g/mol.